The topological polar surface area (TPSA) is 75.5 Å². The van der Waals surface area contributed by atoms with Crippen LogP contribution in [0.4, 0.5) is 0 Å². The van der Waals surface area contributed by atoms with E-state index in [0.717, 1.165) is 19.3 Å². The first-order chi connectivity index (χ1) is 12.7. The molecule has 1 rings (SSSR count). The van der Waals surface area contributed by atoms with Gasteiger partial charge in [-0.3, -0.25) is 0 Å². The molecule has 1 aromatic rings. The molecule has 0 heterocycles. The summed E-state index contributed by atoms with van der Waals surface area (Å²) in [5.41, 5.74) is 1.20. The lowest BCUT2D eigenvalue weighted by molar-refractivity contribution is 0.187. The molecule has 2 atom stereocenters. The first-order valence-electron chi connectivity index (χ1n) is 10.6. The monoisotopic (exact) mass is 399 g/mol. The van der Waals surface area contributed by atoms with Crippen molar-refractivity contribution in [2.45, 2.75) is 88.8 Å². The van der Waals surface area contributed by atoms with Crippen LogP contribution in [0.15, 0.2) is 30.3 Å². The van der Waals surface area contributed by atoms with Crippen molar-refractivity contribution in [1.82, 2.24) is 6.15 Å². The normalized spacial score (nSPS) is 14.4. The zero-order valence-electron chi connectivity index (χ0n) is 17.3. The van der Waals surface area contributed by atoms with E-state index in [1.54, 1.807) is 0 Å². The average Bonchev–Trinajstić information content (AvgIpc) is 2.64. The first kappa shape index (κ1) is 26.4. The van der Waals surface area contributed by atoms with E-state index in [1.165, 1.54) is 50.5 Å². The molecule has 0 aliphatic rings. The molecule has 0 bridgehead atoms. The van der Waals surface area contributed by atoms with Gasteiger partial charge in [-0.2, -0.15) is 0 Å². The standard InChI is InChI=1S/C23H39ClO2.H3N/c1-2-3-4-5-6-7-8-12-15-22(16-18-25)23(24,17-19-26)20-21-13-10-9-11-14-21;/h9-11,13-14,22,25-26H,2-8,12,15-20H2,1H3;1H3. The fourth-order valence-electron chi connectivity index (χ4n) is 3.90. The molecule has 2 unspecified atom stereocenters. The Kier molecular flexibility index (Phi) is 16.0. The van der Waals surface area contributed by atoms with Gasteiger partial charge in [0.1, 0.15) is 0 Å². The fourth-order valence-corrected chi connectivity index (χ4v) is 4.36. The van der Waals surface area contributed by atoms with Gasteiger partial charge >= 0.3 is 0 Å². The van der Waals surface area contributed by atoms with Crippen LogP contribution in [0.1, 0.15) is 83.1 Å². The van der Waals surface area contributed by atoms with Crippen molar-refractivity contribution in [3.8, 4) is 0 Å². The van der Waals surface area contributed by atoms with E-state index < -0.39 is 4.87 Å². The predicted molar refractivity (Wildman–Crippen MR) is 118 cm³/mol. The Labute approximate surface area is 172 Å². The maximum absolute atomic E-state index is 9.56. The SMILES string of the molecule is CCCCCCCCCCC(CCO)C(Cl)(CCO)Cc1ccccc1.N. The highest BCUT2D eigenvalue weighted by Gasteiger charge is 2.35. The Morgan fingerprint density at radius 3 is 2.00 bits per heavy atom. The Balaban J connectivity index is 0.00000676. The van der Waals surface area contributed by atoms with Gasteiger partial charge in [-0.15, -0.1) is 11.6 Å². The lowest BCUT2D eigenvalue weighted by Crippen LogP contribution is -2.36. The molecular formula is C23H42ClNO2. The molecule has 0 saturated carbocycles. The van der Waals surface area contributed by atoms with E-state index in [4.69, 9.17) is 11.6 Å². The zero-order chi connectivity index (χ0) is 19.1. The molecule has 0 spiro atoms. The molecule has 0 aromatic heterocycles. The molecule has 1 aromatic carbocycles. The average molecular weight is 400 g/mol. The Morgan fingerprint density at radius 1 is 0.852 bits per heavy atom. The molecule has 27 heavy (non-hydrogen) atoms. The van der Waals surface area contributed by atoms with Gasteiger partial charge in [0, 0.05) is 13.2 Å². The van der Waals surface area contributed by atoms with Crippen molar-refractivity contribution in [3.63, 3.8) is 0 Å². The largest absolute Gasteiger partial charge is 0.396 e. The third kappa shape index (κ3) is 11.1. The van der Waals surface area contributed by atoms with Crippen molar-refractivity contribution >= 4 is 11.6 Å². The highest BCUT2D eigenvalue weighted by Crippen LogP contribution is 2.38. The van der Waals surface area contributed by atoms with Crippen molar-refractivity contribution in [3.05, 3.63) is 35.9 Å². The second kappa shape index (κ2) is 16.4. The van der Waals surface area contributed by atoms with E-state index >= 15 is 0 Å². The third-order valence-corrected chi connectivity index (χ3v) is 6.11. The third-order valence-electron chi connectivity index (χ3n) is 5.48. The number of aliphatic hydroxyl groups is 2. The molecule has 0 radical (unpaired) electrons. The molecular weight excluding hydrogens is 358 g/mol. The highest BCUT2D eigenvalue weighted by molar-refractivity contribution is 6.24. The smallest absolute Gasteiger partial charge is 0.0537 e. The summed E-state index contributed by atoms with van der Waals surface area (Å²) >= 11 is 7.04. The summed E-state index contributed by atoms with van der Waals surface area (Å²) in [7, 11) is 0. The minimum Gasteiger partial charge on any atom is -0.396 e. The van der Waals surface area contributed by atoms with Gasteiger partial charge in [-0.1, -0.05) is 88.6 Å². The van der Waals surface area contributed by atoms with Crippen LogP contribution in [-0.4, -0.2) is 28.3 Å². The predicted octanol–water partition coefficient (Wildman–Crippen LogP) is 6.28. The summed E-state index contributed by atoms with van der Waals surface area (Å²) in [4.78, 5) is -0.472. The number of benzene rings is 1. The minimum atomic E-state index is -0.472. The van der Waals surface area contributed by atoms with Crippen LogP contribution in [0, 0.1) is 5.92 Å². The molecule has 4 heteroatoms. The van der Waals surface area contributed by atoms with Gasteiger partial charge in [0.2, 0.25) is 0 Å². The molecule has 5 N–H and O–H groups in total. The van der Waals surface area contributed by atoms with Crippen molar-refractivity contribution < 1.29 is 10.2 Å². The molecule has 0 fully saturated rings. The van der Waals surface area contributed by atoms with E-state index in [1.807, 2.05) is 18.2 Å². The maximum atomic E-state index is 9.56. The van der Waals surface area contributed by atoms with Crippen molar-refractivity contribution in [2.24, 2.45) is 5.92 Å². The molecule has 0 amide bonds. The van der Waals surface area contributed by atoms with Gasteiger partial charge in [0.15, 0.2) is 0 Å². The van der Waals surface area contributed by atoms with E-state index in [2.05, 4.69) is 19.1 Å². The van der Waals surface area contributed by atoms with Gasteiger partial charge in [0.05, 0.1) is 4.87 Å². The number of unbranched alkanes of at least 4 members (excludes halogenated alkanes) is 7. The summed E-state index contributed by atoms with van der Waals surface area (Å²) in [6.07, 6.45) is 13.5. The van der Waals surface area contributed by atoms with Crippen LogP contribution in [-0.2, 0) is 6.42 Å². The highest BCUT2D eigenvalue weighted by atomic mass is 35.5. The number of aliphatic hydroxyl groups excluding tert-OH is 2. The molecule has 158 valence electrons. The Morgan fingerprint density at radius 2 is 1.44 bits per heavy atom. The second-order valence-corrected chi connectivity index (χ2v) is 8.40. The fraction of sp³-hybridized carbons (Fsp3) is 0.739. The van der Waals surface area contributed by atoms with Gasteiger partial charge in [-0.25, -0.2) is 0 Å². The summed E-state index contributed by atoms with van der Waals surface area (Å²) in [6, 6.07) is 10.3. The molecule has 0 aliphatic heterocycles. The van der Waals surface area contributed by atoms with Crippen LogP contribution < -0.4 is 6.15 Å². The second-order valence-electron chi connectivity index (χ2n) is 7.64. The van der Waals surface area contributed by atoms with E-state index in [-0.39, 0.29) is 25.3 Å². The van der Waals surface area contributed by atoms with Gasteiger partial charge in [-0.05, 0) is 37.2 Å². The van der Waals surface area contributed by atoms with Crippen molar-refractivity contribution in [2.75, 3.05) is 13.2 Å². The van der Waals surface area contributed by atoms with E-state index in [9.17, 15) is 10.2 Å². The van der Waals surface area contributed by atoms with Gasteiger partial charge in [0.25, 0.3) is 0 Å². The van der Waals surface area contributed by atoms with Crippen LogP contribution in [0.5, 0.6) is 0 Å². The summed E-state index contributed by atoms with van der Waals surface area (Å²) in [5.74, 6) is 0.238. The zero-order valence-corrected chi connectivity index (χ0v) is 18.1. The lowest BCUT2D eigenvalue weighted by atomic mass is 9.79. The number of hydrogen-bond donors (Lipinski definition) is 3. The lowest BCUT2D eigenvalue weighted by Gasteiger charge is -2.35. The molecule has 0 aliphatic carbocycles. The Bertz CT molecular complexity index is 443. The Hall–Kier alpha value is -0.610. The summed E-state index contributed by atoms with van der Waals surface area (Å²) in [5, 5.41) is 19.1. The van der Waals surface area contributed by atoms with Crippen LogP contribution >= 0.6 is 11.6 Å². The van der Waals surface area contributed by atoms with Gasteiger partial charge < -0.3 is 16.4 Å². The number of hydrogen-bond acceptors (Lipinski definition) is 3. The summed E-state index contributed by atoms with van der Waals surface area (Å²) < 4.78 is 0. The number of halogens is 1. The number of rotatable bonds is 16. The minimum absolute atomic E-state index is 0. The quantitative estimate of drug-likeness (QED) is 0.226. The van der Waals surface area contributed by atoms with Crippen LogP contribution in [0.25, 0.3) is 0 Å². The molecule has 0 saturated heterocycles. The van der Waals surface area contributed by atoms with Crippen molar-refractivity contribution in [1.29, 1.82) is 0 Å². The van der Waals surface area contributed by atoms with Crippen LogP contribution in [0.2, 0.25) is 0 Å². The summed E-state index contributed by atoms with van der Waals surface area (Å²) in [6.45, 7) is 2.51. The maximum Gasteiger partial charge on any atom is 0.0537 e. The van der Waals surface area contributed by atoms with E-state index in [0.29, 0.717) is 12.8 Å². The number of alkyl halides is 1. The first-order valence-corrected chi connectivity index (χ1v) is 11.0. The molecule has 3 nitrogen and oxygen atoms in total. The van der Waals surface area contributed by atoms with Crippen LogP contribution in [0.3, 0.4) is 0 Å².